The first-order valence-electron chi connectivity index (χ1n) is 5.16. The van der Waals surface area contributed by atoms with E-state index in [0.717, 1.165) is 0 Å². The molecular weight excluding hydrogens is 299 g/mol. The summed E-state index contributed by atoms with van der Waals surface area (Å²) in [6, 6.07) is 0. The van der Waals surface area contributed by atoms with Crippen LogP contribution in [0.25, 0.3) is 0 Å². The van der Waals surface area contributed by atoms with Crippen LogP contribution < -0.4 is 16.6 Å². The fraction of sp³-hybridized carbons (Fsp3) is 0.100. The molecule has 0 aromatic carbocycles. The number of ketones is 2. The van der Waals surface area contributed by atoms with Gasteiger partial charge >= 0.3 is 17.8 Å². The quantitative estimate of drug-likeness (QED) is 0.613. The van der Waals surface area contributed by atoms with E-state index in [0.29, 0.717) is 6.08 Å². The molecule has 3 N–H and O–H groups in total. The van der Waals surface area contributed by atoms with Crippen molar-refractivity contribution in [3.05, 3.63) is 43.9 Å². The number of hydrogen-bond acceptors (Lipinski definition) is 5. The Bertz CT molecular complexity index is 814. The van der Waals surface area contributed by atoms with Crippen molar-refractivity contribution >= 4 is 17.5 Å². The van der Waals surface area contributed by atoms with Gasteiger partial charge in [0.15, 0.2) is 0 Å². The zero-order valence-corrected chi connectivity index (χ0v) is 9.75. The third-order valence-corrected chi connectivity index (χ3v) is 2.44. The van der Waals surface area contributed by atoms with Crippen molar-refractivity contribution in [2.24, 2.45) is 0 Å². The SMILES string of the molecule is O=C1C=C(NC(=O)C(F)(F)F)C(=O)c2c1[nH]c(=O)[nH]c2=O. The van der Waals surface area contributed by atoms with Crippen LogP contribution >= 0.6 is 0 Å². The first-order valence-corrected chi connectivity index (χ1v) is 5.16. The van der Waals surface area contributed by atoms with Gasteiger partial charge in [-0.3, -0.25) is 24.2 Å². The first kappa shape index (κ1) is 14.4. The van der Waals surface area contributed by atoms with Crippen LogP contribution in [0.4, 0.5) is 13.2 Å². The van der Waals surface area contributed by atoms with Crippen molar-refractivity contribution in [1.82, 2.24) is 15.3 Å². The largest absolute Gasteiger partial charge is 0.471 e. The second kappa shape index (κ2) is 4.54. The van der Waals surface area contributed by atoms with Crippen LogP contribution in [0.2, 0.25) is 0 Å². The van der Waals surface area contributed by atoms with E-state index in [-0.39, 0.29) is 0 Å². The third-order valence-electron chi connectivity index (χ3n) is 2.44. The molecule has 0 bridgehead atoms. The molecule has 0 radical (unpaired) electrons. The molecule has 1 amide bonds. The van der Waals surface area contributed by atoms with Gasteiger partial charge in [0.25, 0.3) is 5.56 Å². The number of alkyl halides is 3. The van der Waals surface area contributed by atoms with Crippen LogP contribution in [0.5, 0.6) is 0 Å². The van der Waals surface area contributed by atoms with Gasteiger partial charge in [0, 0.05) is 6.08 Å². The summed E-state index contributed by atoms with van der Waals surface area (Å²) in [5.74, 6) is -4.89. The molecule has 0 spiro atoms. The Morgan fingerprint density at radius 2 is 1.71 bits per heavy atom. The molecular formula is C10H4F3N3O5. The second-order valence-corrected chi connectivity index (χ2v) is 3.86. The van der Waals surface area contributed by atoms with E-state index in [2.05, 4.69) is 0 Å². The van der Waals surface area contributed by atoms with E-state index in [1.807, 2.05) is 4.98 Å². The van der Waals surface area contributed by atoms with Gasteiger partial charge in [0.2, 0.25) is 11.6 Å². The third kappa shape index (κ3) is 2.52. The van der Waals surface area contributed by atoms with E-state index >= 15 is 0 Å². The Hall–Kier alpha value is -2.98. The molecule has 11 heteroatoms. The number of allylic oxidation sites excluding steroid dienone is 2. The van der Waals surface area contributed by atoms with E-state index in [1.165, 1.54) is 5.32 Å². The number of H-pyrrole nitrogens is 2. The lowest BCUT2D eigenvalue weighted by atomic mass is 9.98. The molecule has 8 nitrogen and oxygen atoms in total. The Morgan fingerprint density at radius 1 is 1.10 bits per heavy atom. The van der Waals surface area contributed by atoms with Crippen molar-refractivity contribution in [2.75, 3.05) is 0 Å². The number of rotatable bonds is 1. The summed E-state index contributed by atoms with van der Waals surface area (Å²) in [4.78, 5) is 60.2. The predicted molar refractivity (Wildman–Crippen MR) is 58.6 cm³/mol. The number of amides is 1. The lowest BCUT2D eigenvalue weighted by Gasteiger charge is -2.15. The number of aromatic amines is 2. The molecule has 21 heavy (non-hydrogen) atoms. The summed E-state index contributed by atoms with van der Waals surface area (Å²) >= 11 is 0. The van der Waals surface area contributed by atoms with Crippen molar-refractivity contribution in [1.29, 1.82) is 0 Å². The number of fused-ring (bicyclic) bond motifs is 1. The van der Waals surface area contributed by atoms with Gasteiger partial charge in [0.1, 0.15) is 11.3 Å². The Balaban J connectivity index is 2.49. The molecule has 0 atom stereocenters. The van der Waals surface area contributed by atoms with Crippen LogP contribution in [0.1, 0.15) is 20.8 Å². The minimum absolute atomic E-state index is 0.393. The highest BCUT2D eigenvalue weighted by molar-refractivity contribution is 6.24. The summed E-state index contributed by atoms with van der Waals surface area (Å²) < 4.78 is 36.3. The number of nitrogens with one attached hydrogen (secondary N) is 3. The monoisotopic (exact) mass is 303 g/mol. The Morgan fingerprint density at radius 3 is 2.29 bits per heavy atom. The van der Waals surface area contributed by atoms with E-state index in [9.17, 15) is 37.1 Å². The summed E-state index contributed by atoms with van der Waals surface area (Å²) in [7, 11) is 0. The normalized spacial score (nSPS) is 14.5. The van der Waals surface area contributed by atoms with Crippen molar-refractivity contribution in [2.45, 2.75) is 6.18 Å². The van der Waals surface area contributed by atoms with Gasteiger partial charge in [-0.05, 0) is 0 Å². The number of carbonyl (C=O) groups is 3. The average molecular weight is 303 g/mol. The maximum Gasteiger partial charge on any atom is 0.471 e. The number of carbonyl (C=O) groups excluding carboxylic acids is 3. The summed E-state index contributed by atoms with van der Waals surface area (Å²) in [5, 5.41) is 1.20. The molecule has 2 rings (SSSR count). The molecule has 1 aromatic heterocycles. The van der Waals surface area contributed by atoms with E-state index in [4.69, 9.17) is 0 Å². The molecule has 0 saturated carbocycles. The zero-order chi connectivity index (χ0) is 15.9. The van der Waals surface area contributed by atoms with E-state index in [1.54, 1.807) is 4.98 Å². The van der Waals surface area contributed by atoms with Crippen LogP contribution in [0, 0.1) is 0 Å². The maximum absolute atomic E-state index is 12.1. The highest BCUT2D eigenvalue weighted by Crippen LogP contribution is 2.18. The Kier molecular flexibility index (Phi) is 3.12. The predicted octanol–water partition coefficient (Wildman–Crippen LogP) is -0.995. The summed E-state index contributed by atoms with van der Waals surface area (Å²) in [6.45, 7) is 0. The molecule has 110 valence electrons. The number of Topliss-reactive ketones (excluding diaryl/α,β-unsaturated/α-hetero) is 1. The van der Waals surface area contributed by atoms with Crippen molar-refractivity contribution in [3.63, 3.8) is 0 Å². The van der Waals surface area contributed by atoms with Gasteiger partial charge in [-0.25, -0.2) is 4.79 Å². The molecule has 1 aliphatic carbocycles. The van der Waals surface area contributed by atoms with Gasteiger partial charge in [-0.1, -0.05) is 0 Å². The molecule has 1 heterocycles. The molecule has 1 aliphatic rings. The molecule has 0 unspecified atom stereocenters. The minimum Gasteiger partial charge on any atom is -0.315 e. The van der Waals surface area contributed by atoms with Crippen LogP contribution in [0.15, 0.2) is 21.4 Å². The van der Waals surface area contributed by atoms with Gasteiger partial charge in [0.05, 0.1) is 5.70 Å². The molecule has 0 aliphatic heterocycles. The number of aromatic nitrogens is 2. The fourth-order valence-corrected chi connectivity index (χ4v) is 1.58. The average Bonchev–Trinajstić information content (AvgIpc) is 2.33. The first-order chi connectivity index (χ1) is 9.61. The maximum atomic E-state index is 12.1. The standard InChI is InChI=1S/C10H4F3N3O5/c11-10(12,13)8(20)14-2-1-3(17)5-4(6(2)18)7(19)16-9(21)15-5/h1H,(H,14,20)(H2,15,16,19,21). The lowest BCUT2D eigenvalue weighted by molar-refractivity contribution is -0.172. The smallest absolute Gasteiger partial charge is 0.315 e. The van der Waals surface area contributed by atoms with Gasteiger partial charge < -0.3 is 10.3 Å². The van der Waals surface area contributed by atoms with Gasteiger partial charge in [-0.15, -0.1) is 0 Å². The topological polar surface area (TPSA) is 129 Å². The summed E-state index contributed by atoms with van der Waals surface area (Å²) in [6.07, 6.45) is -4.88. The Labute approximate surface area is 111 Å². The minimum atomic E-state index is -5.28. The van der Waals surface area contributed by atoms with Crippen molar-refractivity contribution < 1.29 is 27.6 Å². The molecule has 0 saturated heterocycles. The van der Waals surface area contributed by atoms with Gasteiger partial charge in [-0.2, -0.15) is 13.2 Å². The fourth-order valence-electron chi connectivity index (χ4n) is 1.58. The van der Waals surface area contributed by atoms with Crippen LogP contribution in [0.3, 0.4) is 0 Å². The zero-order valence-electron chi connectivity index (χ0n) is 9.75. The van der Waals surface area contributed by atoms with Crippen LogP contribution in [-0.4, -0.2) is 33.6 Å². The lowest BCUT2D eigenvalue weighted by Crippen LogP contribution is -2.42. The van der Waals surface area contributed by atoms with E-state index < -0.39 is 51.9 Å². The number of halogens is 3. The molecule has 1 aromatic rings. The van der Waals surface area contributed by atoms with Crippen LogP contribution in [-0.2, 0) is 4.79 Å². The highest BCUT2D eigenvalue weighted by atomic mass is 19.4. The summed E-state index contributed by atoms with van der Waals surface area (Å²) in [5.41, 5.74) is -4.82. The second-order valence-electron chi connectivity index (χ2n) is 3.86. The van der Waals surface area contributed by atoms with Crippen molar-refractivity contribution in [3.8, 4) is 0 Å². The highest BCUT2D eigenvalue weighted by Gasteiger charge is 2.41. The number of hydrogen-bond donors (Lipinski definition) is 3. The molecule has 0 fully saturated rings.